The van der Waals surface area contributed by atoms with E-state index >= 15 is 0 Å². The normalized spacial score (nSPS) is 11.6. The third kappa shape index (κ3) is 4.64. The van der Waals surface area contributed by atoms with E-state index in [1.165, 1.54) is 10.9 Å². The maximum atomic E-state index is 12.7. The molecule has 8 nitrogen and oxygen atoms in total. The van der Waals surface area contributed by atoms with Crippen molar-refractivity contribution in [2.45, 2.75) is 45.7 Å². The number of amides is 1. The molecule has 0 aliphatic heterocycles. The topological polar surface area (TPSA) is 91.0 Å². The lowest BCUT2D eigenvalue weighted by Gasteiger charge is -2.19. The van der Waals surface area contributed by atoms with Gasteiger partial charge in [-0.05, 0) is 38.8 Å². The molecule has 8 heteroatoms. The van der Waals surface area contributed by atoms with Gasteiger partial charge in [0, 0.05) is 19.5 Å². The van der Waals surface area contributed by atoms with Crippen molar-refractivity contribution in [2.24, 2.45) is 0 Å². The van der Waals surface area contributed by atoms with Crippen LogP contribution in [0.2, 0.25) is 0 Å². The number of para-hydroxylation sites is 1. The van der Waals surface area contributed by atoms with Gasteiger partial charge in [0.25, 0.3) is 5.56 Å². The Morgan fingerprint density at radius 3 is 2.72 bits per heavy atom. The lowest BCUT2D eigenvalue weighted by molar-refractivity contribution is -0.121. The molecule has 2 heterocycles. The van der Waals surface area contributed by atoms with Gasteiger partial charge in [0.15, 0.2) is 5.65 Å². The number of carbonyl (C=O) groups is 1. The molecule has 0 saturated heterocycles. The van der Waals surface area contributed by atoms with Gasteiger partial charge in [-0.1, -0.05) is 18.2 Å². The van der Waals surface area contributed by atoms with Crippen LogP contribution in [0.1, 0.15) is 32.8 Å². The fraction of sp³-hybridized carbons (Fsp3) is 0.429. The molecule has 2 aromatic heterocycles. The minimum atomic E-state index is -0.269. The van der Waals surface area contributed by atoms with E-state index in [1.807, 2.05) is 45.0 Å². The maximum absolute atomic E-state index is 12.7. The average molecular weight is 397 g/mol. The number of nitrogens with one attached hydrogen (secondary N) is 1. The molecule has 3 rings (SSSR count). The second kappa shape index (κ2) is 8.46. The molecule has 1 N–H and O–H groups in total. The van der Waals surface area contributed by atoms with Crippen LogP contribution in [0.4, 0.5) is 0 Å². The predicted octanol–water partition coefficient (Wildman–Crippen LogP) is 2.11. The van der Waals surface area contributed by atoms with E-state index in [0.29, 0.717) is 24.0 Å². The molecule has 0 fully saturated rings. The first-order valence-electron chi connectivity index (χ1n) is 9.63. The zero-order chi connectivity index (χ0) is 21.0. The molecule has 0 spiro atoms. The van der Waals surface area contributed by atoms with E-state index < -0.39 is 0 Å². The second-order valence-electron chi connectivity index (χ2n) is 7.87. The monoisotopic (exact) mass is 397 g/mol. The summed E-state index contributed by atoms with van der Waals surface area (Å²) in [6.07, 6.45) is 3.90. The summed E-state index contributed by atoms with van der Waals surface area (Å²) in [6, 6.07) is 7.73. The summed E-state index contributed by atoms with van der Waals surface area (Å²) < 4.78 is 8.50. The van der Waals surface area contributed by atoms with E-state index in [-0.39, 0.29) is 30.0 Å². The van der Waals surface area contributed by atoms with Crippen LogP contribution in [0, 0.1) is 0 Å². The molecule has 154 valence electrons. The molecule has 0 radical (unpaired) electrons. The highest BCUT2D eigenvalue weighted by Gasteiger charge is 2.19. The Labute approximate surface area is 169 Å². The van der Waals surface area contributed by atoms with Gasteiger partial charge >= 0.3 is 0 Å². The Hall–Kier alpha value is -3.16. The fourth-order valence-electron chi connectivity index (χ4n) is 3.16. The quantitative estimate of drug-likeness (QED) is 0.659. The van der Waals surface area contributed by atoms with Crippen LogP contribution in [0.25, 0.3) is 11.0 Å². The van der Waals surface area contributed by atoms with Crippen molar-refractivity contribution in [1.29, 1.82) is 0 Å². The minimum Gasteiger partial charge on any atom is -0.496 e. The number of rotatable bonds is 7. The van der Waals surface area contributed by atoms with E-state index in [0.717, 1.165) is 11.3 Å². The van der Waals surface area contributed by atoms with Gasteiger partial charge in [0.1, 0.15) is 11.1 Å². The van der Waals surface area contributed by atoms with Crippen molar-refractivity contribution in [2.75, 3.05) is 13.7 Å². The predicted molar refractivity (Wildman–Crippen MR) is 111 cm³/mol. The number of aromatic nitrogens is 4. The zero-order valence-electron chi connectivity index (χ0n) is 17.3. The third-order valence-corrected chi connectivity index (χ3v) is 4.68. The van der Waals surface area contributed by atoms with E-state index in [1.54, 1.807) is 18.0 Å². The summed E-state index contributed by atoms with van der Waals surface area (Å²) in [5.74, 6) is 0.695. The number of fused-ring (bicyclic) bond motifs is 1. The smallest absolute Gasteiger partial charge is 0.264 e. The van der Waals surface area contributed by atoms with Gasteiger partial charge in [-0.25, -0.2) is 9.67 Å². The molecule has 0 atom stereocenters. The molecule has 0 aliphatic carbocycles. The van der Waals surface area contributed by atoms with Crippen LogP contribution in [0.5, 0.6) is 5.75 Å². The van der Waals surface area contributed by atoms with Gasteiger partial charge in [0.2, 0.25) is 5.91 Å². The van der Waals surface area contributed by atoms with Crippen LogP contribution >= 0.6 is 0 Å². The van der Waals surface area contributed by atoms with Crippen LogP contribution in [-0.4, -0.2) is 38.9 Å². The highest BCUT2D eigenvalue weighted by molar-refractivity contribution is 5.76. The van der Waals surface area contributed by atoms with E-state index in [9.17, 15) is 9.59 Å². The van der Waals surface area contributed by atoms with Crippen molar-refractivity contribution in [3.63, 3.8) is 0 Å². The number of methoxy groups -OCH3 is 1. The summed E-state index contributed by atoms with van der Waals surface area (Å²) in [7, 11) is 1.63. The van der Waals surface area contributed by atoms with E-state index in [4.69, 9.17) is 4.74 Å². The number of hydrogen-bond acceptors (Lipinski definition) is 5. The number of ether oxygens (including phenoxy) is 1. The second-order valence-corrected chi connectivity index (χ2v) is 7.87. The van der Waals surface area contributed by atoms with Crippen molar-refractivity contribution in [1.82, 2.24) is 24.6 Å². The Balaban J connectivity index is 1.58. The summed E-state index contributed by atoms with van der Waals surface area (Å²) in [4.78, 5) is 29.2. The zero-order valence-corrected chi connectivity index (χ0v) is 17.3. The number of carbonyl (C=O) groups excluding carboxylic acids is 1. The summed E-state index contributed by atoms with van der Waals surface area (Å²) >= 11 is 0. The molecule has 1 amide bonds. The van der Waals surface area contributed by atoms with Crippen molar-refractivity contribution < 1.29 is 9.53 Å². The molecule has 3 aromatic rings. The molecule has 0 aliphatic rings. The standard InChI is InChI=1S/C21H27N5O3/c1-21(2,3)26-19-16(13-24-26)20(28)25(14-23-19)12-10-18(27)22-11-9-15-7-5-6-8-17(15)29-4/h5-8,13-14H,9-12H2,1-4H3,(H,22,27). The highest BCUT2D eigenvalue weighted by Crippen LogP contribution is 2.18. The van der Waals surface area contributed by atoms with Gasteiger partial charge in [-0.3, -0.25) is 14.2 Å². The largest absolute Gasteiger partial charge is 0.496 e. The third-order valence-electron chi connectivity index (χ3n) is 4.68. The minimum absolute atomic E-state index is 0.114. The van der Waals surface area contributed by atoms with Crippen LogP contribution < -0.4 is 15.6 Å². The summed E-state index contributed by atoms with van der Waals surface area (Å²) in [5.41, 5.74) is 1.14. The highest BCUT2D eigenvalue weighted by atomic mass is 16.5. The van der Waals surface area contributed by atoms with Crippen molar-refractivity contribution >= 4 is 16.9 Å². The SMILES string of the molecule is COc1ccccc1CCNC(=O)CCn1cnc2c(cnn2C(C)(C)C)c1=O. The lowest BCUT2D eigenvalue weighted by Crippen LogP contribution is -2.29. The van der Waals surface area contributed by atoms with E-state index in [2.05, 4.69) is 15.4 Å². The molecule has 0 saturated carbocycles. The van der Waals surface area contributed by atoms with Gasteiger partial charge in [-0.2, -0.15) is 5.10 Å². The molecule has 0 unspecified atom stereocenters. The fourth-order valence-corrected chi connectivity index (χ4v) is 3.16. The number of hydrogen-bond donors (Lipinski definition) is 1. The molecule has 29 heavy (non-hydrogen) atoms. The Kier molecular flexibility index (Phi) is 6.00. The average Bonchev–Trinajstić information content (AvgIpc) is 3.13. The Bertz CT molecular complexity index is 1060. The number of nitrogens with zero attached hydrogens (tertiary/aromatic N) is 4. The summed E-state index contributed by atoms with van der Waals surface area (Å²) in [6.45, 7) is 6.78. The van der Waals surface area contributed by atoms with Gasteiger partial charge in [0.05, 0.1) is 25.2 Å². The number of aryl methyl sites for hydroxylation is 1. The molecular weight excluding hydrogens is 370 g/mol. The first-order valence-corrected chi connectivity index (χ1v) is 9.63. The number of benzene rings is 1. The van der Waals surface area contributed by atoms with Crippen LogP contribution in [0.15, 0.2) is 41.6 Å². The first kappa shape index (κ1) is 20.6. The van der Waals surface area contributed by atoms with Gasteiger partial charge < -0.3 is 10.1 Å². The first-order chi connectivity index (χ1) is 13.8. The van der Waals surface area contributed by atoms with Crippen LogP contribution in [0.3, 0.4) is 0 Å². The lowest BCUT2D eigenvalue weighted by atomic mass is 10.1. The van der Waals surface area contributed by atoms with Crippen molar-refractivity contribution in [3.05, 3.63) is 52.7 Å². The molecule has 0 bridgehead atoms. The van der Waals surface area contributed by atoms with Gasteiger partial charge in [-0.15, -0.1) is 0 Å². The Morgan fingerprint density at radius 1 is 1.24 bits per heavy atom. The molecular formula is C21H27N5O3. The summed E-state index contributed by atoms with van der Waals surface area (Å²) in [5, 5.41) is 7.64. The maximum Gasteiger partial charge on any atom is 0.264 e. The van der Waals surface area contributed by atoms with Crippen molar-refractivity contribution in [3.8, 4) is 5.75 Å². The molecule has 1 aromatic carbocycles. The Morgan fingerprint density at radius 2 is 2.00 bits per heavy atom. The van der Waals surface area contributed by atoms with Crippen LogP contribution in [-0.2, 0) is 23.3 Å².